The van der Waals surface area contributed by atoms with Crippen molar-refractivity contribution < 1.29 is 9.53 Å². The number of nitrogens with one attached hydrogen (secondary N) is 1. The lowest BCUT2D eigenvalue weighted by Crippen LogP contribution is -2.43. The number of aromatic nitrogens is 2. The summed E-state index contributed by atoms with van der Waals surface area (Å²) < 4.78 is 5.82. The van der Waals surface area contributed by atoms with Crippen molar-refractivity contribution in [2.45, 2.75) is 43.7 Å². The van der Waals surface area contributed by atoms with Gasteiger partial charge in [-0.05, 0) is 43.4 Å². The molecular weight excluding hydrogens is 378 g/mol. The van der Waals surface area contributed by atoms with Crippen molar-refractivity contribution in [1.82, 2.24) is 14.9 Å². The van der Waals surface area contributed by atoms with Crippen LogP contribution in [0.1, 0.15) is 37.1 Å². The van der Waals surface area contributed by atoms with Gasteiger partial charge in [0, 0.05) is 13.2 Å². The highest BCUT2D eigenvalue weighted by Crippen LogP contribution is 2.49. The van der Waals surface area contributed by atoms with E-state index in [4.69, 9.17) is 4.74 Å². The van der Waals surface area contributed by atoms with E-state index in [0.29, 0.717) is 23.3 Å². The summed E-state index contributed by atoms with van der Waals surface area (Å²) in [6.45, 7) is 1.53. The summed E-state index contributed by atoms with van der Waals surface area (Å²) in [6.07, 6.45) is 3.69. The van der Waals surface area contributed by atoms with Crippen LogP contribution >= 0.6 is 0 Å². The van der Waals surface area contributed by atoms with Gasteiger partial charge in [0.1, 0.15) is 5.82 Å². The predicted octanol–water partition coefficient (Wildman–Crippen LogP) is 3.16. The number of fused-ring (bicyclic) bond motifs is 1. The van der Waals surface area contributed by atoms with Crippen LogP contribution in [0.4, 0.5) is 0 Å². The first-order chi connectivity index (χ1) is 14.7. The molecule has 3 aromatic rings. The van der Waals surface area contributed by atoms with E-state index in [1.54, 1.807) is 6.07 Å². The Hall–Kier alpha value is -2.99. The number of amides is 1. The van der Waals surface area contributed by atoms with Gasteiger partial charge in [-0.1, -0.05) is 42.5 Å². The Morgan fingerprint density at radius 2 is 1.90 bits per heavy atom. The van der Waals surface area contributed by atoms with Crippen LogP contribution < -0.4 is 5.56 Å². The summed E-state index contributed by atoms with van der Waals surface area (Å²) in [4.78, 5) is 35.5. The Labute approximate surface area is 174 Å². The zero-order chi connectivity index (χ0) is 20.6. The second kappa shape index (κ2) is 7.69. The molecule has 1 aliphatic carbocycles. The van der Waals surface area contributed by atoms with Gasteiger partial charge >= 0.3 is 0 Å². The largest absolute Gasteiger partial charge is 0.376 e. The lowest BCUT2D eigenvalue weighted by Gasteiger charge is -2.29. The molecule has 2 heterocycles. The Kier molecular flexibility index (Phi) is 4.87. The first-order valence-corrected chi connectivity index (χ1v) is 10.6. The van der Waals surface area contributed by atoms with Crippen LogP contribution in [0.2, 0.25) is 0 Å². The standard InChI is InChI=1S/C24H25N3O3/c28-22-19-10-4-5-11-20(19)25-21(26-22)16-27(15-18-9-6-14-30-18)23(29)24(12-13-24)17-7-2-1-3-8-17/h1-5,7-8,10-11,18H,6,9,12-16H2,(H,25,26,28)/t18-/m1/s1. The van der Waals surface area contributed by atoms with Crippen LogP contribution in [-0.2, 0) is 21.5 Å². The van der Waals surface area contributed by atoms with Crippen molar-refractivity contribution in [3.05, 3.63) is 76.3 Å². The van der Waals surface area contributed by atoms with Gasteiger partial charge in [-0.15, -0.1) is 0 Å². The molecule has 0 radical (unpaired) electrons. The van der Waals surface area contributed by atoms with Crippen LogP contribution in [0.15, 0.2) is 59.4 Å². The molecule has 1 aromatic heterocycles. The quantitative estimate of drug-likeness (QED) is 0.686. The summed E-state index contributed by atoms with van der Waals surface area (Å²) >= 11 is 0. The van der Waals surface area contributed by atoms with Gasteiger partial charge in [-0.2, -0.15) is 0 Å². The minimum Gasteiger partial charge on any atom is -0.376 e. The van der Waals surface area contributed by atoms with Crippen LogP contribution in [0, 0.1) is 0 Å². The normalized spacial score (nSPS) is 19.7. The Balaban J connectivity index is 1.46. The minimum atomic E-state index is -0.461. The molecule has 1 saturated carbocycles. The first-order valence-electron chi connectivity index (χ1n) is 10.6. The molecule has 6 nitrogen and oxygen atoms in total. The number of nitrogens with zero attached hydrogens (tertiary/aromatic N) is 2. The number of ether oxygens (including phenoxy) is 1. The smallest absolute Gasteiger partial charge is 0.258 e. The zero-order valence-electron chi connectivity index (χ0n) is 16.8. The fourth-order valence-corrected chi connectivity index (χ4v) is 4.45. The molecule has 5 rings (SSSR count). The molecule has 1 N–H and O–H groups in total. The second-order valence-electron chi connectivity index (χ2n) is 8.30. The molecule has 2 fully saturated rings. The SMILES string of the molecule is O=C(N(Cc1nc2ccccc2c(=O)[nH]1)C[C@H]1CCCO1)C1(c2ccccc2)CC1. The molecule has 0 unspecified atom stereocenters. The van der Waals surface area contributed by atoms with Crippen molar-refractivity contribution in [1.29, 1.82) is 0 Å². The molecule has 1 amide bonds. The fourth-order valence-electron chi connectivity index (χ4n) is 4.45. The van der Waals surface area contributed by atoms with E-state index in [2.05, 4.69) is 9.97 Å². The van der Waals surface area contributed by atoms with Crippen molar-refractivity contribution in [2.75, 3.05) is 13.2 Å². The van der Waals surface area contributed by atoms with Gasteiger partial charge in [0.25, 0.3) is 5.56 Å². The topological polar surface area (TPSA) is 75.3 Å². The number of carbonyl (C=O) groups excluding carboxylic acids is 1. The molecule has 1 saturated heterocycles. The van der Waals surface area contributed by atoms with Crippen LogP contribution in [0.5, 0.6) is 0 Å². The Bertz CT molecular complexity index is 1120. The van der Waals surface area contributed by atoms with Crippen LogP contribution in [-0.4, -0.2) is 40.0 Å². The average Bonchev–Trinajstić information content (AvgIpc) is 3.43. The summed E-state index contributed by atoms with van der Waals surface area (Å²) in [5, 5.41) is 0.557. The lowest BCUT2D eigenvalue weighted by molar-refractivity contribution is -0.136. The monoisotopic (exact) mass is 403 g/mol. The van der Waals surface area contributed by atoms with E-state index < -0.39 is 5.41 Å². The van der Waals surface area contributed by atoms with E-state index in [1.807, 2.05) is 53.4 Å². The molecule has 6 heteroatoms. The number of para-hydroxylation sites is 1. The van der Waals surface area contributed by atoms with Crippen molar-refractivity contribution in [3.63, 3.8) is 0 Å². The van der Waals surface area contributed by atoms with E-state index in [9.17, 15) is 9.59 Å². The molecule has 2 aliphatic rings. The maximum absolute atomic E-state index is 13.7. The summed E-state index contributed by atoms with van der Waals surface area (Å²) in [6, 6.07) is 17.3. The first kappa shape index (κ1) is 19.0. The summed E-state index contributed by atoms with van der Waals surface area (Å²) in [5.41, 5.74) is 1.07. The van der Waals surface area contributed by atoms with Crippen LogP contribution in [0.3, 0.4) is 0 Å². The van der Waals surface area contributed by atoms with Crippen LogP contribution in [0.25, 0.3) is 10.9 Å². The summed E-state index contributed by atoms with van der Waals surface area (Å²) in [7, 11) is 0. The number of carbonyl (C=O) groups is 1. The minimum absolute atomic E-state index is 0.0349. The molecule has 1 atom stereocenters. The second-order valence-corrected chi connectivity index (χ2v) is 8.30. The van der Waals surface area contributed by atoms with Gasteiger partial charge in [-0.3, -0.25) is 9.59 Å². The van der Waals surface area contributed by atoms with E-state index in [1.165, 1.54) is 0 Å². The number of aromatic amines is 1. The fraction of sp³-hybridized carbons (Fsp3) is 0.375. The maximum Gasteiger partial charge on any atom is 0.258 e. The number of hydrogen-bond donors (Lipinski definition) is 1. The van der Waals surface area contributed by atoms with Gasteiger partial charge in [0.05, 0.1) is 29.0 Å². The summed E-state index contributed by atoms with van der Waals surface area (Å²) in [5.74, 6) is 0.605. The number of hydrogen-bond acceptors (Lipinski definition) is 4. The average molecular weight is 403 g/mol. The third kappa shape index (κ3) is 3.52. The van der Waals surface area contributed by atoms with Crippen molar-refractivity contribution >= 4 is 16.8 Å². The van der Waals surface area contributed by atoms with E-state index >= 15 is 0 Å². The lowest BCUT2D eigenvalue weighted by atomic mass is 9.94. The van der Waals surface area contributed by atoms with Crippen molar-refractivity contribution in [2.24, 2.45) is 0 Å². The predicted molar refractivity (Wildman–Crippen MR) is 114 cm³/mol. The number of benzene rings is 2. The maximum atomic E-state index is 13.7. The molecule has 1 aliphatic heterocycles. The van der Waals surface area contributed by atoms with E-state index in [-0.39, 0.29) is 24.1 Å². The van der Waals surface area contributed by atoms with Gasteiger partial charge in [0.15, 0.2) is 0 Å². The highest BCUT2D eigenvalue weighted by molar-refractivity contribution is 5.91. The Morgan fingerprint density at radius 3 is 2.63 bits per heavy atom. The molecular formula is C24H25N3O3. The van der Waals surface area contributed by atoms with Gasteiger partial charge in [-0.25, -0.2) is 4.98 Å². The number of H-pyrrole nitrogens is 1. The molecule has 30 heavy (non-hydrogen) atoms. The van der Waals surface area contributed by atoms with E-state index in [0.717, 1.165) is 37.9 Å². The third-order valence-corrected chi connectivity index (χ3v) is 6.22. The molecule has 0 spiro atoms. The number of rotatable bonds is 6. The zero-order valence-corrected chi connectivity index (χ0v) is 16.8. The highest BCUT2D eigenvalue weighted by atomic mass is 16.5. The molecule has 2 aromatic carbocycles. The molecule has 0 bridgehead atoms. The van der Waals surface area contributed by atoms with Gasteiger partial charge in [0.2, 0.25) is 5.91 Å². The van der Waals surface area contributed by atoms with Crippen molar-refractivity contribution in [3.8, 4) is 0 Å². The third-order valence-electron chi connectivity index (χ3n) is 6.22. The highest BCUT2D eigenvalue weighted by Gasteiger charge is 2.53. The molecule has 154 valence electrons. The van der Waals surface area contributed by atoms with Gasteiger partial charge < -0.3 is 14.6 Å². The Morgan fingerprint density at radius 1 is 1.13 bits per heavy atom.